The minimum absolute atomic E-state index is 0.258. The number of rotatable bonds is 3. The van der Waals surface area contributed by atoms with Crippen molar-refractivity contribution >= 4 is 11.9 Å². The first-order valence-corrected chi connectivity index (χ1v) is 2.91. The molecule has 0 aromatic heterocycles. The standard InChI is InChI=1S/C7H12N2/c1-4-9-5-7(8)6(2)3/h4-6,8H,1H2,2-3H3. The van der Waals surface area contributed by atoms with Gasteiger partial charge in [-0.15, -0.1) is 0 Å². The molecule has 0 bridgehead atoms. The molecule has 0 aliphatic heterocycles. The minimum Gasteiger partial charge on any atom is -0.303 e. The van der Waals surface area contributed by atoms with Crippen LogP contribution in [0.25, 0.3) is 0 Å². The Hall–Kier alpha value is -0.920. The Bertz CT molecular complexity index is 134. The lowest BCUT2D eigenvalue weighted by Gasteiger charge is -1.97. The molecule has 0 saturated carbocycles. The molecule has 0 unspecified atom stereocenters. The number of nitrogens with zero attached hydrogens (tertiary/aromatic N) is 1. The maximum absolute atomic E-state index is 7.25. The molecule has 9 heavy (non-hydrogen) atoms. The van der Waals surface area contributed by atoms with Gasteiger partial charge in [0, 0.05) is 12.4 Å². The molecule has 0 aromatic carbocycles. The maximum Gasteiger partial charge on any atom is 0.0521 e. The first kappa shape index (κ1) is 8.08. The van der Waals surface area contributed by atoms with E-state index in [2.05, 4.69) is 11.6 Å². The van der Waals surface area contributed by atoms with Crippen molar-refractivity contribution in [1.29, 1.82) is 5.41 Å². The summed E-state index contributed by atoms with van der Waals surface area (Å²) in [5.41, 5.74) is 0.537. The van der Waals surface area contributed by atoms with E-state index in [9.17, 15) is 0 Å². The van der Waals surface area contributed by atoms with E-state index in [1.54, 1.807) is 0 Å². The predicted molar refractivity (Wildman–Crippen MR) is 41.3 cm³/mol. The fourth-order valence-electron chi connectivity index (χ4n) is 0.282. The van der Waals surface area contributed by atoms with Gasteiger partial charge in [-0.1, -0.05) is 20.4 Å². The third-order valence-electron chi connectivity index (χ3n) is 0.941. The maximum atomic E-state index is 7.25. The van der Waals surface area contributed by atoms with Gasteiger partial charge in [0.25, 0.3) is 0 Å². The van der Waals surface area contributed by atoms with Crippen LogP contribution in [0, 0.1) is 11.3 Å². The Kier molecular flexibility index (Phi) is 3.60. The lowest BCUT2D eigenvalue weighted by molar-refractivity contribution is 0.889. The molecule has 1 N–H and O–H groups in total. The van der Waals surface area contributed by atoms with Crippen LogP contribution in [0.4, 0.5) is 0 Å². The van der Waals surface area contributed by atoms with E-state index in [1.807, 2.05) is 13.8 Å². The summed E-state index contributed by atoms with van der Waals surface area (Å²) < 4.78 is 0. The van der Waals surface area contributed by atoms with E-state index in [0.717, 1.165) is 0 Å². The van der Waals surface area contributed by atoms with Crippen LogP contribution in [0.3, 0.4) is 0 Å². The number of hydrogen-bond donors (Lipinski definition) is 1. The number of hydrogen-bond acceptors (Lipinski definition) is 2. The average molecular weight is 124 g/mol. The normalized spacial score (nSPS) is 10.6. The van der Waals surface area contributed by atoms with Gasteiger partial charge in [0.15, 0.2) is 0 Å². The summed E-state index contributed by atoms with van der Waals surface area (Å²) >= 11 is 0. The van der Waals surface area contributed by atoms with Crippen molar-refractivity contribution < 1.29 is 0 Å². The molecular weight excluding hydrogens is 112 g/mol. The van der Waals surface area contributed by atoms with Crippen molar-refractivity contribution in [3.05, 3.63) is 12.8 Å². The second kappa shape index (κ2) is 4.01. The van der Waals surface area contributed by atoms with E-state index >= 15 is 0 Å². The highest BCUT2D eigenvalue weighted by molar-refractivity contribution is 6.29. The molecule has 0 radical (unpaired) electrons. The Balaban J connectivity index is 3.76. The molecule has 0 amide bonds. The highest BCUT2D eigenvalue weighted by atomic mass is 14.7. The van der Waals surface area contributed by atoms with Crippen molar-refractivity contribution in [2.75, 3.05) is 0 Å². The Morgan fingerprint density at radius 1 is 1.67 bits per heavy atom. The minimum atomic E-state index is 0.258. The fourth-order valence-corrected chi connectivity index (χ4v) is 0.282. The second-order valence-electron chi connectivity index (χ2n) is 2.07. The Morgan fingerprint density at radius 3 is 2.56 bits per heavy atom. The van der Waals surface area contributed by atoms with Crippen LogP contribution < -0.4 is 0 Å². The molecule has 0 fully saturated rings. The molecule has 0 spiro atoms. The van der Waals surface area contributed by atoms with Gasteiger partial charge in [-0.05, 0) is 5.92 Å². The summed E-state index contributed by atoms with van der Waals surface area (Å²) in [6.45, 7) is 7.31. The molecule has 0 rings (SSSR count). The molecule has 0 aliphatic carbocycles. The van der Waals surface area contributed by atoms with Crippen LogP contribution in [-0.2, 0) is 0 Å². The molecule has 0 heterocycles. The van der Waals surface area contributed by atoms with Crippen LogP contribution in [0.15, 0.2) is 17.8 Å². The number of aliphatic imine (C=N–C) groups is 1. The Labute approximate surface area is 55.8 Å². The van der Waals surface area contributed by atoms with E-state index in [-0.39, 0.29) is 5.92 Å². The summed E-state index contributed by atoms with van der Waals surface area (Å²) in [6.07, 6.45) is 2.94. The summed E-state index contributed by atoms with van der Waals surface area (Å²) in [7, 11) is 0. The van der Waals surface area contributed by atoms with E-state index < -0.39 is 0 Å². The molecule has 50 valence electrons. The van der Waals surface area contributed by atoms with E-state index in [0.29, 0.717) is 5.71 Å². The Morgan fingerprint density at radius 2 is 2.22 bits per heavy atom. The second-order valence-corrected chi connectivity index (χ2v) is 2.07. The monoisotopic (exact) mass is 124 g/mol. The van der Waals surface area contributed by atoms with Crippen LogP contribution >= 0.6 is 0 Å². The van der Waals surface area contributed by atoms with Crippen molar-refractivity contribution in [2.24, 2.45) is 10.9 Å². The van der Waals surface area contributed by atoms with Gasteiger partial charge in [-0.3, -0.25) is 4.99 Å². The zero-order chi connectivity index (χ0) is 7.28. The molecule has 2 nitrogen and oxygen atoms in total. The lowest BCUT2D eigenvalue weighted by atomic mass is 10.1. The van der Waals surface area contributed by atoms with Gasteiger partial charge in [0.05, 0.1) is 5.71 Å². The molecular formula is C7H12N2. The van der Waals surface area contributed by atoms with Crippen LogP contribution in [0.2, 0.25) is 0 Å². The molecule has 2 heteroatoms. The fraction of sp³-hybridized carbons (Fsp3) is 0.429. The number of nitrogens with one attached hydrogen (secondary N) is 1. The van der Waals surface area contributed by atoms with Gasteiger partial charge < -0.3 is 5.41 Å². The molecule has 0 aromatic rings. The van der Waals surface area contributed by atoms with Gasteiger partial charge in [0.1, 0.15) is 0 Å². The summed E-state index contributed by atoms with van der Waals surface area (Å²) in [4.78, 5) is 3.71. The van der Waals surface area contributed by atoms with Crippen LogP contribution in [0.1, 0.15) is 13.8 Å². The first-order chi connectivity index (χ1) is 4.18. The lowest BCUT2D eigenvalue weighted by Crippen LogP contribution is -2.05. The SMILES string of the molecule is C=CN=CC(=N)C(C)C. The predicted octanol–water partition coefficient (Wildman–Crippen LogP) is 1.88. The zero-order valence-electron chi connectivity index (χ0n) is 5.89. The smallest absolute Gasteiger partial charge is 0.0521 e. The van der Waals surface area contributed by atoms with Crippen molar-refractivity contribution in [3.8, 4) is 0 Å². The van der Waals surface area contributed by atoms with Crippen molar-refractivity contribution in [3.63, 3.8) is 0 Å². The van der Waals surface area contributed by atoms with Crippen LogP contribution in [0.5, 0.6) is 0 Å². The van der Waals surface area contributed by atoms with Crippen LogP contribution in [-0.4, -0.2) is 11.9 Å². The topological polar surface area (TPSA) is 36.2 Å². The quantitative estimate of drug-likeness (QED) is 0.558. The first-order valence-electron chi connectivity index (χ1n) is 2.91. The molecule has 0 atom stereocenters. The van der Waals surface area contributed by atoms with Crippen molar-refractivity contribution in [1.82, 2.24) is 0 Å². The zero-order valence-corrected chi connectivity index (χ0v) is 5.89. The summed E-state index contributed by atoms with van der Waals surface area (Å²) in [5, 5.41) is 7.25. The third-order valence-corrected chi connectivity index (χ3v) is 0.941. The summed E-state index contributed by atoms with van der Waals surface area (Å²) in [5.74, 6) is 0.258. The van der Waals surface area contributed by atoms with E-state index in [4.69, 9.17) is 5.41 Å². The van der Waals surface area contributed by atoms with Gasteiger partial charge >= 0.3 is 0 Å². The third kappa shape index (κ3) is 3.64. The highest BCUT2D eigenvalue weighted by Crippen LogP contribution is 1.90. The van der Waals surface area contributed by atoms with E-state index in [1.165, 1.54) is 12.4 Å². The largest absolute Gasteiger partial charge is 0.303 e. The highest BCUT2D eigenvalue weighted by Gasteiger charge is 1.95. The average Bonchev–Trinajstić information content (AvgIpc) is 1.82. The van der Waals surface area contributed by atoms with Gasteiger partial charge in [-0.2, -0.15) is 0 Å². The van der Waals surface area contributed by atoms with Crippen molar-refractivity contribution in [2.45, 2.75) is 13.8 Å². The van der Waals surface area contributed by atoms with Gasteiger partial charge in [-0.25, -0.2) is 0 Å². The molecule has 0 aliphatic rings. The molecule has 0 saturated heterocycles. The summed E-state index contributed by atoms with van der Waals surface area (Å²) in [6, 6.07) is 0. The van der Waals surface area contributed by atoms with Gasteiger partial charge in [0.2, 0.25) is 0 Å².